The van der Waals surface area contributed by atoms with Gasteiger partial charge in [0.25, 0.3) is 0 Å². The van der Waals surface area contributed by atoms with Crippen molar-refractivity contribution in [3.05, 3.63) is 16.7 Å². The molecular formula is C7H6ClN3O. The molecule has 2 aromatic rings. The van der Waals surface area contributed by atoms with Crippen LogP contribution in [0.5, 0.6) is 0 Å². The largest absolute Gasteiger partial charge is 0.351 e. The number of rotatable bonds is 0. The molecule has 0 aliphatic carbocycles. The molecule has 0 N–H and O–H groups in total. The lowest BCUT2D eigenvalue weighted by Gasteiger charge is -1.92. The van der Waals surface area contributed by atoms with E-state index in [1.54, 1.807) is 6.92 Å². The van der Waals surface area contributed by atoms with Crippen molar-refractivity contribution in [2.75, 3.05) is 0 Å². The van der Waals surface area contributed by atoms with Crippen molar-refractivity contribution in [1.82, 2.24) is 15.1 Å². The number of hydrogen-bond acceptors (Lipinski definition) is 4. The number of fused-ring (bicyclic) bond motifs is 1. The Labute approximate surface area is 73.6 Å². The SMILES string of the molecule is Cc1nc(Cl)c2onc(C)c2n1. The summed E-state index contributed by atoms with van der Waals surface area (Å²) < 4.78 is 4.93. The second-order valence-corrected chi connectivity index (χ2v) is 2.87. The van der Waals surface area contributed by atoms with E-state index in [1.807, 2.05) is 6.92 Å². The summed E-state index contributed by atoms with van der Waals surface area (Å²) in [4.78, 5) is 8.08. The third kappa shape index (κ3) is 0.956. The van der Waals surface area contributed by atoms with Gasteiger partial charge in [0.2, 0.25) is 5.58 Å². The third-order valence-electron chi connectivity index (χ3n) is 1.55. The minimum absolute atomic E-state index is 0.318. The minimum Gasteiger partial charge on any atom is -0.351 e. The lowest BCUT2D eigenvalue weighted by molar-refractivity contribution is 0.449. The van der Waals surface area contributed by atoms with Crippen molar-refractivity contribution in [3.63, 3.8) is 0 Å². The smallest absolute Gasteiger partial charge is 0.222 e. The van der Waals surface area contributed by atoms with Crippen LogP contribution in [0.4, 0.5) is 0 Å². The van der Waals surface area contributed by atoms with E-state index in [9.17, 15) is 0 Å². The molecule has 2 heterocycles. The van der Waals surface area contributed by atoms with Crippen molar-refractivity contribution in [2.45, 2.75) is 13.8 Å². The summed E-state index contributed by atoms with van der Waals surface area (Å²) in [5, 5.41) is 4.05. The fourth-order valence-electron chi connectivity index (χ4n) is 1.01. The Hall–Kier alpha value is -1.16. The first-order valence-corrected chi connectivity index (χ1v) is 3.82. The van der Waals surface area contributed by atoms with E-state index in [4.69, 9.17) is 16.1 Å². The Balaban J connectivity index is 2.92. The van der Waals surface area contributed by atoms with Crippen molar-refractivity contribution < 1.29 is 4.52 Å². The molecule has 0 aliphatic heterocycles. The molecule has 0 unspecified atom stereocenters. The number of hydrogen-bond donors (Lipinski definition) is 0. The number of aryl methyl sites for hydroxylation is 2. The Morgan fingerprint density at radius 3 is 2.75 bits per heavy atom. The van der Waals surface area contributed by atoms with Gasteiger partial charge in [-0.3, -0.25) is 0 Å². The lowest BCUT2D eigenvalue weighted by atomic mass is 10.4. The van der Waals surface area contributed by atoms with Crippen LogP contribution < -0.4 is 0 Å². The molecule has 2 aromatic heterocycles. The molecule has 0 fully saturated rings. The van der Waals surface area contributed by atoms with Gasteiger partial charge in [-0.15, -0.1) is 0 Å². The second kappa shape index (κ2) is 2.42. The summed E-state index contributed by atoms with van der Waals surface area (Å²) in [6.07, 6.45) is 0. The third-order valence-corrected chi connectivity index (χ3v) is 1.81. The zero-order chi connectivity index (χ0) is 8.72. The molecular weight excluding hydrogens is 178 g/mol. The van der Waals surface area contributed by atoms with Crippen molar-refractivity contribution >= 4 is 22.7 Å². The summed E-state index contributed by atoms with van der Waals surface area (Å²) in [5.74, 6) is 0.624. The molecule has 0 saturated heterocycles. The van der Waals surface area contributed by atoms with E-state index in [-0.39, 0.29) is 0 Å². The van der Waals surface area contributed by atoms with Gasteiger partial charge in [-0.05, 0) is 13.8 Å². The topological polar surface area (TPSA) is 51.8 Å². The molecule has 12 heavy (non-hydrogen) atoms. The normalized spacial score (nSPS) is 10.9. The number of aromatic nitrogens is 3. The Bertz CT molecular complexity index is 437. The van der Waals surface area contributed by atoms with Crippen molar-refractivity contribution in [2.24, 2.45) is 0 Å². The van der Waals surface area contributed by atoms with Crippen molar-refractivity contribution in [3.8, 4) is 0 Å². The highest BCUT2D eigenvalue weighted by atomic mass is 35.5. The van der Waals surface area contributed by atoms with Crippen molar-refractivity contribution in [1.29, 1.82) is 0 Å². The average Bonchev–Trinajstić information content (AvgIpc) is 2.33. The first-order chi connectivity index (χ1) is 5.68. The van der Waals surface area contributed by atoms with Crippen LogP contribution in [0.25, 0.3) is 11.1 Å². The van der Waals surface area contributed by atoms with Gasteiger partial charge in [0.1, 0.15) is 17.0 Å². The van der Waals surface area contributed by atoms with Crippen LogP contribution >= 0.6 is 11.6 Å². The zero-order valence-electron chi connectivity index (χ0n) is 6.63. The summed E-state index contributed by atoms with van der Waals surface area (Å²) >= 11 is 5.79. The Morgan fingerprint density at radius 1 is 1.25 bits per heavy atom. The van der Waals surface area contributed by atoms with Gasteiger partial charge in [0.15, 0.2) is 5.15 Å². The molecule has 0 aliphatic rings. The van der Waals surface area contributed by atoms with Crippen LogP contribution in [0.1, 0.15) is 11.5 Å². The minimum atomic E-state index is 0.318. The number of nitrogens with zero attached hydrogens (tertiary/aromatic N) is 3. The monoisotopic (exact) mass is 183 g/mol. The predicted molar refractivity (Wildman–Crippen MR) is 44.1 cm³/mol. The maximum atomic E-state index is 5.79. The van der Waals surface area contributed by atoms with Gasteiger partial charge in [-0.2, -0.15) is 0 Å². The van der Waals surface area contributed by atoms with Crippen LogP contribution in [0.15, 0.2) is 4.52 Å². The second-order valence-electron chi connectivity index (χ2n) is 2.51. The summed E-state index contributed by atoms with van der Waals surface area (Å²) in [7, 11) is 0. The van der Waals surface area contributed by atoms with Gasteiger partial charge in [-0.25, -0.2) is 9.97 Å². The quantitative estimate of drug-likeness (QED) is 0.586. The highest BCUT2D eigenvalue weighted by molar-refractivity contribution is 6.33. The molecule has 0 spiro atoms. The molecule has 0 atom stereocenters. The first kappa shape index (κ1) is 7.49. The average molecular weight is 184 g/mol. The fraction of sp³-hybridized carbons (Fsp3) is 0.286. The zero-order valence-corrected chi connectivity index (χ0v) is 7.38. The highest BCUT2D eigenvalue weighted by Gasteiger charge is 2.10. The molecule has 0 saturated carbocycles. The van der Waals surface area contributed by atoms with Gasteiger partial charge in [0, 0.05) is 0 Å². The van der Waals surface area contributed by atoms with E-state index in [2.05, 4.69) is 15.1 Å². The van der Waals surface area contributed by atoms with Crippen LogP contribution in [-0.4, -0.2) is 15.1 Å². The van der Waals surface area contributed by atoms with Gasteiger partial charge >= 0.3 is 0 Å². The van der Waals surface area contributed by atoms with Gasteiger partial charge < -0.3 is 4.52 Å². The molecule has 0 radical (unpaired) electrons. The summed E-state index contributed by atoms with van der Waals surface area (Å²) in [5.41, 5.74) is 1.88. The predicted octanol–water partition coefficient (Wildman–Crippen LogP) is 1.89. The molecule has 2 rings (SSSR count). The van der Waals surface area contributed by atoms with Gasteiger partial charge in [-0.1, -0.05) is 16.8 Å². The maximum Gasteiger partial charge on any atom is 0.222 e. The molecule has 0 bridgehead atoms. The molecule has 0 amide bonds. The maximum absolute atomic E-state index is 5.79. The fourth-order valence-corrected chi connectivity index (χ4v) is 1.26. The lowest BCUT2D eigenvalue weighted by Crippen LogP contribution is -1.88. The van der Waals surface area contributed by atoms with Crippen LogP contribution in [0.3, 0.4) is 0 Å². The van der Waals surface area contributed by atoms with Crippen LogP contribution in [-0.2, 0) is 0 Å². The first-order valence-electron chi connectivity index (χ1n) is 3.44. The van der Waals surface area contributed by atoms with E-state index in [0.29, 0.717) is 22.1 Å². The molecule has 5 heteroatoms. The van der Waals surface area contributed by atoms with E-state index in [1.165, 1.54) is 0 Å². The highest BCUT2D eigenvalue weighted by Crippen LogP contribution is 2.21. The van der Waals surface area contributed by atoms with Crippen LogP contribution in [0.2, 0.25) is 5.15 Å². The van der Waals surface area contributed by atoms with E-state index >= 15 is 0 Å². The Morgan fingerprint density at radius 2 is 2.00 bits per heavy atom. The van der Waals surface area contributed by atoms with Gasteiger partial charge in [0.05, 0.1) is 0 Å². The summed E-state index contributed by atoms with van der Waals surface area (Å²) in [6, 6.07) is 0. The molecule has 0 aromatic carbocycles. The van der Waals surface area contributed by atoms with Crippen LogP contribution in [0, 0.1) is 13.8 Å². The molecule has 62 valence electrons. The van der Waals surface area contributed by atoms with E-state index < -0.39 is 0 Å². The Kier molecular flexibility index (Phi) is 1.51. The number of halogens is 1. The summed E-state index contributed by atoms with van der Waals surface area (Å²) in [6.45, 7) is 3.59. The van der Waals surface area contributed by atoms with E-state index in [0.717, 1.165) is 5.69 Å². The standard InChI is InChI=1S/C7H6ClN3O/c1-3-5-6(12-11-3)7(8)10-4(2)9-5/h1-2H3. The molecule has 4 nitrogen and oxygen atoms in total.